The summed E-state index contributed by atoms with van der Waals surface area (Å²) in [5.74, 6) is -2.02. The Bertz CT molecular complexity index is 406. The molecule has 0 spiro atoms. The zero-order valence-electron chi connectivity index (χ0n) is 9.32. The Hall–Kier alpha value is -1.44. The second-order valence-corrected chi connectivity index (χ2v) is 4.26. The lowest BCUT2D eigenvalue weighted by Gasteiger charge is -2.15. The second kappa shape index (κ2) is 4.44. The lowest BCUT2D eigenvalue weighted by atomic mass is 10.1. The van der Waals surface area contributed by atoms with Crippen molar-refractivity contribution in [1.82, 2.24) is 15.0 Å². The first-order chi connectivity index (χ1) is 7.59. The molecule has 0 aliphatic heterocycles. The summed E-state index contributed by atoms with van der Waals surface area (Å²) in [6, 6.07) is 0. The van der Waals surface area contributed by atoms with Crippen molar-refractivity contribution in [2.24, 2.45) is 0 Å². The van der Waals surface area contributed by atoms with Gasteiger partial charge in [-0.1, -0.05) is 5.21 Å². The number of ketones is 1. The lowest BCUT2D eigenvalue weighted by Crippen LogP contribution is -2.23. The van der Waals surface area contributed by atoms with Crippen LogP contribution in [0, 0.1) is 0 Å². The van der Waals surface area contributed by atoms with E-state index in [-0.39, 0.29) is 13.0 Å². The van der Waals surface area contributed by atoms with Gasteiger partial charge in [0.2, 0.25) is 0 Å². The average molecular weight is 251 g/mol. The molecular weight excluding hydrogens is 239 g/mol. The van der Waals surface area contributed by atoms with Gasteiger partial charge in [0.1, 0.15) is 0 Å². The quantitative estimate of drug-likeness (QED) is 0.816. The molecule has 0 amide bonds. The largest absolute Gasteiger partial charge is 0.456 e. The van der Waals surface area contributed by atoms with Gasteiger partial charge in [0.15, 0.2) is 5.69 Å². The zero-order valence-corrected chi connectivity index (χ0v) is 9.32. The summed E-state index contributed by atoms with van der Waals surface area (Å²) in [4.78, 5) is 10.8. The predicted molar refractivity (Wildman–Crippen MR) is 51.3 cm³/mol. The Kier molecular flexibility index (Phi) is 3.56. The Balaban J connectivity index is 2.69. The van der Waals surface area contributed by atoms with Crippen molar-refractivity contribution in [3.63, 3.8) is 0 Å². The molecule has 1 aromatic rings. The van der Waals surface area contributed by atoms with E-state index in [1.807, 2.05) is 0 Å². The Morgan fingerprint density at radius 3 is 2.53 bits per heavy atom. The number of aliphatic hydroxyl groups is 1. The van der Waals surface area contributed by atoms with Crippen LogP contribution >= 0.6 is 0 Å². The molecule has 0 aliphatic carbocycles. The van der Waals surface area contributed by atoms with E-state index in [2.05, 4.69) is 10.3 Å². The highest BCUT2D eigenvalue weighted by Crippen LogP contribution is 2.20. The molecule has 0 fully saturated rings. The van der Waals surface area contributed by atoms with Crippen molar-refractivity contribution in [2.45, 2.75) is 38.6 Å². The van der Waals surface area contributed by atoms with E-state index >= 15 is 0 Å². The maximum Gasteiger partial charge on any atom is 0.456 e. The molecule has 1 N–H and O–H groups in total. The van der Waals surface area contributed by atoms with Crippen LogP contribution < -0.4 is 0 Å². The fourth-order valence-electron chi connectivity index (χ4n) is 1.05. The Morgan fingerprint density at radius 2 is 2.06 bits per heavy atom. The topological polar surface area (TPSA) is 68.0 Å². The zero-order chi connectivity index (χ0) is 13.3. The van der Waals surface area contributed by atoms with E-state index < -0.39 is 23.3 Å². The number of rotatable bonds is 4. The van der Waals surface area contributed by atoms with E-state index in [1.165, 1.54) is 0 Å². The molecule has 0 aromatic carbocycles. The van der Waals surface area contributed by atoms with Gasteiger partial charge in [0, 0.05) is 6.54 Å². The average Bonchev–Trinajstić information content (AvgIpc) is 2.59. The van der Waals surface area contributed by atoms with Gasteiger partial charge in [-0.05, 0) is 20.3 Å². The first-order valence-electron chi connectivity index (χ1n) is 4.83. The maximum absolute atomic E-state index is 12.1. The van der Waals surface area contributed by atoms with E-state index in [1.54, 1.807) is 13.8 Å². The van der Waals surface area contributed by atoms with Gasteiger partial charge in [-0.3, -0.25) is 9.48 Å². The standard InChI is InChI=1S/C9H12F3N3O2/c1-8(2,17)3-4-15-5-6(13-14-15)7(16)9(10,11)12/h5,17H,3-4H2,1-2H3. The number of carbonyl (C=O) groups is 1. The molecule has 1 heterocycles. The maximum atomic E-state index is 12.1. The number of alkyl halides is 3. The number of aryl methyl sites for hydroxylation is 1. The SMILES string of the molecule is CC(C)(O)CCn1cc(C(=O)C(F)(F)F)nn1. The van der Waals surface area contributed by atoms with Gasteiger partial charge >= 0.3 is 6.18 Å². The van der Waals surface area contributed by atoms with Crippen LogP contribution in [-0.4, -0.2) is 37.7 Å². The summed E-state index contributed by atoms with van der Waals surface area (Å²) in [7, 11) is 0. The summed E-state index contributed by atoms with van der Waals surface area (Å²) in [5.41, 5.74) is -1.70. The highest BCUT2D eigenvalue weighted by Gasteiger charge is 2.41. The number of nitrogens with zero attached hydrogens (tertiary/aromatic N) is 3. The molecule has 0 unspecified atom stereocenters. The molecule has 0 aliphatic rings. The number of Topliss-reactive ketones (excluding diaryl/α,β-unsaturated/α-hetero) is 1. The van der Waals surface area contributed by atoms with Gasteiger partial charge < -0.3 is 5.11 Å². The highest BCUT2D eigenvalue weighted by atomic mass is 19.4. The molecule has 0 saturated heterocycles. The molecule has 0 bridgehead atoms. The minimum Gasteiger partial charge on any atom is -0.390 e. The molecule has 0 atom stereocenters. The van der Waals surface area contributed by atoms with Crippen molar-refractivity contribution in [2.75, 3.05) is 0 Å². The van der Waals surface area contributed by atoms with E-state index in [0.717, 1.165) is 10.9 Å². The number of aromatic nitrogens is 3. The first kappa shape index (κ1) is 13.6. The van der Waals surface area contributed by atoms with E-state index in [0.29, 0.717) is 0 Å². The van der Waals surface area contributed by atoms with Crippen molar-refractivity contribution in [3.05, 3.63) is 11.9 Å². The van der Waals surface area contributed by atoms with Crippen LogP contribution in [0.15, 0.2) is 6.20 Å². The van der Waals surface area contributed by atoms with Gasteiger partial charge in [0.25, 0.3) is 5.78 Å². The number of carbonyl (C=O) groups excluding carboxylic acids is 1. The summed E-state index contributed by atoms with van der Waals surface area (Å²) >= 11 is 0. The van der Waals surface area contributed by atoms with Crippen LogP contribution in [0.1, 0.15) is 30.8 Å². The first-order valence-corrected chi connectivity index (χ1v) is 4.83. The highest BCUT2D eigenvalue weighted by molar-refractivity contribution is 5.98. The monoisotopic (exact) mass is 251 g/mol. The van der Waals surface area contributed by atoms with Crippen molar-refractivity contribution >= 4 is 5.78 Å². The molecular formula is C9H12F3N3O2. The van der Waals surface area contributed by atoms with E-state index in [4.69, 9.17) is 0 Å². The Morgan fingerprint density at radius 1 is 1.47 bits per heavy atom. The smallest absolute Gasteiger partial charge is 0.390 e. The third-order valence-corrected chi connectivity index (χ3v) is 1.98. The molecule has 0 saturated carbocycles. The summed E-state index contributed by atoms with van der Waals surface area (Å²) in [6.07, 6.45) is -3.74. The lowest BCUT2D eigenvalue weighted by molar-refractivity contribution is -0.0888. The van der Waals surface area contributed by atoms with Gasteiger partial charge in [-0.2, -0.15) is 13.2 Å². The van der Waals surface area contributed by atoms with E-state index in [9.17, 15) is 23.1 Å². The van der Waals surface area contributed by atoms with Crippen molar-refractivity contribution < 1.29 is 23.1 Å². The molecule has 17 heavy (non-hydrogen) atoms. The fourth-order valence-corrected chi connectivity index (χ4v) is 1.05. The van der Waals surface area contributed by atoms with Crippen molar-refractivity contribution in [3.8, 4) is 0 Å². The number of hydrogen-bond acceptors (Lipinski definition) is 4. The predicted octanol–water partition coefficient (Wildman–Crippen LogP) is 1.18. The molecule has 1 aromatic heterocycles. The number of halogens is 3. The van der Waals surface area contributed by atoms with Crippen LogP contribution in [0.5, 0.6) is 0 Å². The van der Waals surface area contributed by atoms with Crippen LogP contribution in [0.3, 0.4) is 0 Å². The summed E-state index contributed by atoms with van der Waals surface area (Å²) in [5, 5.41) is 15.9. The fraction of sp³-hybridized carbons (Fsp3) is 0.667. The normalized spacial score (nSPS) is 12.8. The van der Waals surface area contributed by atoms with Gasteiger partial charge in [0.05, 0.1) is 11.8 Å². The summed E-state index contributed by atoms with van der Waals surface area (Å²) < 4.78 is 37.3. The third kappa shape index (κ3) is 4.14. The van der Waals surface area contributed by atoms with Crippen LogP contribution in [0.2, 0.25) is 0 Å². The molecule has 1 rings (SSSR count). The molecule has 8 heteroatoms. The number of hydrogen-bond donors (Lipinski definition) is 1. The van der Waals surface area contributed by atoms with Gasteiger partial charge in [-0.25, -0.2) is 0 Å². The third-order valence-electron chi connectivity index (χ3n) is 1.98. The van der Waals surface area contributed by atoms with Crippen LogP contribution in [-0.2, 0) is 6.54 Å². The van der Waals surface area contributed by atoms with Crippen LogP contribution in [0.4, 0.5) is 13.2 Å². The second-order valence-electron chi connectivity index (χ2n) is 4.26. The molecule has 96 valence electrons. The molecule has 0 radical (unpaired) electrons. The molecule has 5 nitrogen and oxygen atoms in total. The summed E-state index contributed by atoms with van der Waals surface area (Å²) in [6.45, 7) is 3.30. The Labute approximate surface area is 95.2 Å². The van der Waals surface area contributed by atoms with Gasteiger partial charge in [-0.15, -0.1) is 5.10 Å². The van der Waals surface area contributed by atoms with Crippen molar-refractivity contribution in [1.29, 1.82) is 0 Å². The minimum absolute atomic E-state index is 0.182. The minimum atomic E-state index is -4.95. The van der Waals surface area contributed by atoms with Crippen LogP contribution in [0.25, 0.3) is 0 Å².